The normalized spacial score (nSPS) is 31.4. The lowest BCUT2D eigenvalue weighted by Crippen LogP contribution is -2.54. The van der Waals surface area contributed by atoms with Crippen molar-refractivity contribution >= 4 is 0 Å². The summed E-state index contributed by atoms with van der Waals surface area (Å²) in [7, 11) is 0. The Morgan fingerprint density at radius 3 is 2.43 bits per heavy atom. The standard InChI is InChI=1S/C18H36N2O/c1-4-14(3)20-12-15(11-18(21)5-2)10-17(13-20)19-16-8-6-7-9-16/h14-19,21H,4-13H2,1-3H3. The Kier molecular flexibility index (Phi) is 6.97. The van der Waals surface area contributed by atoms with Gasteiger partial charge < -0.3 is 10.4 Å². The first-order valence-electron chi connectivity index (χ1n) is 9.30. The second kappa shape index (κ2) is 8.50. The molecule has 1 saturated carbocycles. The molecule has 4 unspecified atom stereocenters. The van der Waals surface area contributed by atoms with E-state index in [1.54, 1.807) is 0 Å². The number of rotatable bonds is 7. The van der Waals surface area contributed by atoms with E-state index in [9.17, 15) is 5.11 Å². The van der Waals surface area contributed by atoms with Crippen molar-refractivity contribution < 1.29 is 5.11 Å². The molecule has 0 aromatic carbocycles. The number of aliphatic hydroxyl groups excluding tert-OH is 1. The van der Waals surface area contributed by atoms with Gasteiger partial charge >= 0.3 is 0 Å². The minimum Gasteiger partial charge on any atom is -0.393 e. The van der Waals surface area contributed by atoms with Crippen molar-refractivity contribution in [3.63, 3.8) is 0 Å². The Labute approximate surface area is 131 Å². The first kappa shape index (κ1) is 17.2. The molecule has 0 aromatic heterocycles. The number of likely N-dealkylation sites (tertiary alicyclic amines) is 1. The number of hydrogen-bond donors (Lipinski definition) is 2. The number of nitrogens with zero attached hydrogens (tertiary/aromatic N) is 1. The third kappa shape index (κ3) is 5.22. The van der Waals surface area contributed by atoms with Crippen LogP contribution in [0.5, 0.6) is 0 Å². The van der Waals surface area contributed by atoms with E-state index >= 15 is 0 Å². The molecular weight excluding hydrogens is 260 g/mol. The fraction of sp³-hybridized carbons (Fsp3) is 1.00. The van der Waals surface area contributed by atoms with Gasteiger partial charge in [0.25, 0.3) is 0 Å². The van der Waals surface area contributed by atoms with Crippen molar-refractivity contribution in [3.05, 3.63) is 0 Å². The Balaban J connectivity index is 1.91. The van der Waals surface area contributed by atoms with E-state index in [0.717, 1.165) is 18.9 Å². The molecule has 2 rings (SSSR count). The van der Waals surface area contributed by atoms with Gasteiger partial charge in [0, 0.05) is 31.2 Å². The lowest BCUT2D eigenvalue weighted by atomic mass is 9.87. The lowest BCUT2D eigenvalue weighted by Gasteiger charge is -2.42. The molecule has 1 aliphatic heterocycles. The summed E-state index contributed by atoms with van der Waals surface area (Å²) >= 11 is 0. The summed E-state index contributed by atoms with van der Waals surface area (Å²) in [4.78, 5) is 2.66. The van der Waals surface area contributed by atoms with E-state index in [2.05, 4.69) is 31.0 Å². The summed E-state index contributed by atoms with van der Waals surface area (Å²) in [5.41, 5.74) is 0. The van der Waals surface area contributed by atoms with Gasteiger partial charge in [-0.15, -0.1) is 0 Å². The molecule has 1 heterocycles. The maximum atomic E-state index is 10.0. The van der Waals surface area contributed by atoms with Gasteiger partial charge in [-0.3, -0.25) is 4.90 Å². The zero-order valence-corrected chi connectivity index (χ0v) is 14.4. The molecule has 0 amide bonds. The molecule has 21 heavy (non-hydrogen) atoms. The van der Waals surface area contributed by atoms with Gasteiger partial charge in [-0.25, -0.2) is 0 Å². The Morgan fingerprint density at radius 2 is 1.81 bits per heavy atom. The average Bonchev–Trinajstić information content (AvgIpc) is 2.98. The molecule has 0 radical (unpaired) electrons. The van der Waals surface area contributed by atoms with Gasteiger partial charge in [-0.05, 0) is 51.4 Å². The minimum atomic E-state index is -0.112. The highest BCUT2D eigenvalue weighted by Crippen LogP contribution is 2.26. The smallest absolute Gasteiger partial charge is 0.0540 e. The Bertz CT molecular complexity index is 291. The third-order valence-electron chi connectivity index (χ3n) is 5.68. The van der Waals surface area contributed by atoms with E-state index in [1.807, 2.05) is 0 Å². The van der Waals surface area contributed by atoms with E-state index in [-0.39, 0.29) is 6.10 Å². The maximum absolute atomic E-state index is 10.0. The van der Waals surface area contributed by atoms with Crippen molar-refractivity contribution in [2.45, 2.75) is 96.4 Å². The quantitative estimate of drug-likeness (QED) is 0.757. The van der Waals surface area contributed by atoms with Crippen molar-refractivity contribution in [2.75, 3.05) is 13.1 Å². The molecule has 1 aliphatic carbocycles. The number of hydrogen-bond acceptors (Lipinski definition) is 3. The zero-order chi connectivity index (χ0) is 15.2. The molecule has 2 fully saturated rings. The average molecular weight is 296 g/mol. The predicted molar refractivity (Wildman–Crippen MR) is 89.5 cm³/mol. The highest BCUT2D eigenvalue weighted by molar-refractivity contribution is 4.89. The molecule has 3 heteroatoms. The van der Waals surface area contributed by atoms with Crippen LogP contribution < -0.4 is 5.32 Å². The van der Waals surface area contributed by atoms with Crippen LogP contribution in [-0.2, 0) is 0 Å². The summed E-state index contributed by atoms with van der Waals surface area (Å²) in [6.45, 7) is 9.10. The zero-order valence-electron chi connectivity index (χ0n) is 14.4. The first-order valence-corrected chi connectivity index (χ1v) is 9.30. The van der Waals surface area contributed by atoms with Crippen molar-refractivity contribution in [3.8, 4) is 0 Å². The lowest BCUT2D eigenvalue weighted by molar-refractivity contribution is 0.0620. The van der Waals surface area contributed by atoms with Crippen LogP contribution in [0.1, 0.15) is 72.1 Å². The summed E-state index contributed by atoms with van der Waals surface area (Å²) in [5, 5.41) is 13.9. The largest absolute Gasteiger partial charge is 0.393 e. The third-order valence-corrected chi connectivity index (χ3v) is 5.68. The summed E-state index contributed by atoms with van der Waals surface area (Å²) in [6, 6.07) is 2.05. The van der Waals surface area contributed by atoms with Crippen LogP contribution >= 0.6 is 0 Å². The summed E-state index contributed by atoms with van der Waals surface area (Å²) < 4.78 is 0. The topological polar surface area (TPSA) is 35.5 Å². The van der Waals surface area contributed by atoms with Crippen LogP contribution in [0.25, 0.3) is 0 Å². The van der Waals surface area contributed by atoms with Crippen molar-refractivity contribution in [1.29, 1.82) is 0 Å². The van der Waals surface area contributed by atoms with Gasteiger partial charge in [0.05, 0.1) is 6.10 Å². The van der Waals surface area contributed by atoms with Gasteiger partial charge in [0.15, 0.2) is 0 Å². The number of aliphatic hydroxyl groups is 1. The van der Waals surface area contributed by atoms with Crippen molar-refractivity contribution in [2.24, 2.45) is 5.92 Å². The van der Waals surface area contributed by atoms with Crippen LogP contribution in [0.2, 0.25) is 0 Å². The van der Waals surface area contributed by atoms with Crippen LogP contribution in [0.3, 0.4) is 0 Å². The molecule has 2 N–H and O–H groups in total. The number of piperidine rings is 1. The monoisotopic (exact) mass is 296 g/mol. The van der Waals surface area contributed by atoms with Gasteiger partial charge in [-0.1, -0.05) is 26.7 Å². The summed E-state index contributed by atoms with van der Waals surface area (Å²) in [5.74, 6) is 0.654. The summed E-state index contributed by atoms with van der Waals surface area (Å²) in [6.07, 6.45) is 9.75. The van der Waals surface area contributed by atoms with Gasteiger partial charge in [0.2, 0.25) is 0 Å². The first-order chi connectivity index (χ1) is 10.1. The number of nitrogens with one attached hydrogen (secondary N) is 1. The van der Waals surface area contributed by atoms with Crippen molar-refractivity contribution in [1.82, 2.24) is 10.2 Å². The highest BCUT2D eigenvalue weighted by Gasteiger charge is 2.31. The SMILES string of the molecule is CCC(O)CC1CC(NC2CCCC2)CN(C(C)CC)C1. The molecule has 2 aliphatic rings. The molecule has 1 saturated heterocycles. The molecule has 0 aromatic rings. The molecular formula is C18H36N2O. The van der Waals surface area contributed by atoms with Crippen LogP contribution in [0, 0.1) is 5.92 Å². The second-order valence-electron chi connectivity index (χ2n) is 7.46. The van der Waals surface area contributed by atoms with Gasteiger partial charge in [0.1, 0.15) is 0 Å². The molecule has 124 valence electrons. The van der Waals surface area contributed by atoms with E-state index in [4.69, 9.17) is 0 Å². The highest BCUT2D eigenvalue weighted by atomic mass is 16.3. The minimum absolute atomic E-state index is 0.112. The maximum Gasteiger partial charge on any atom is 0.0540 e. The van der Waals surface area contributed by atoms with Gasteiger partial charge in [-0.2, -0.15) is 0 Å². The Hall–Kier alpha value is -0.120. The molecule has 0 spiro atoms. The second-order valence-corrected chi connectivity index (χ2v) is 7.46. The fourth-order valence-electron chi connectivity index (χ4n) is 4.13. The van der Waals surface area contributed by atoms with Crippen LogP contribution in [0.15, 0.2) is 0 Å². The molecule has 4 atom stereocenters. The molecule has 0 bridgehead atoms. The molecule has 3 nitrogen and oxygen atoms in total. The van der Waals surface area contributed by atoms with E-state index in [0.29, 0.717) is 18.0 Å². The predicted octanol–water partition coefficient (Wildman–Crippen LogP) is 3.17. The fourth-order valence-corrected chi connectivity index (χ4v) is 4.13. The Morgan fingerprint density at radius 1 is 1.10 bits per heavy atom. The van der Waals surface area contributed by atoms with E-state index in [1.165, 1.54) is 51.6 Å². The van der Waals surface area contributed by atoms with E-state index < -0.39 is 0 Å². The van der Waals surface area contributed by atoms with Crippen LogP contribution in [0.4, 0.5) is 0 Å². The van der Waals surface area contributed by atoms with Crippen LogP contribution in [-0.4, -0.2) is 47.3 Å².